The summed E-state index contributed by atoms with van der Waals surface area (Å²) in [5, 5.41) is 10.6. The smallest absolute Gasteiger partial charge is 0.257 e. The number of hydrogen-bond acceptors (Lipinski definition) is 5. The number of amides is 1. The van der Waals surface area contributed by atoms with E-state index in [-0.39, 0.29) is 5.91 Å². The van der Waals surface area contributed by atoms with Crippen LogP contribution in [0.1, 0.15) is 33.0 Å². The van der Waals surface area contributed by atoms with Gasteiger partial charge in [0.05, 0.1) is 17.8 Å². The van der Waals surface area contributed by atoms with Gasteiger partial charge in [0.2, 0.25) is 12.3 Å². The van der Waals surface area contributed by atoms with Gasteiger partial charge < -0.3 is 14.3 Å². The Labute approximate surface area is 168 Å². The van der Waals surface area contributed by atoms with Crippen LogP contribution in [-0.2, 0) is 6.54 Å². The van der Waals surface area contributed by atoms with Crippen LogP contribution in [0.25, 0.3) is 11.5 Å². The van der Waals surface area contributed by atoms with Crippen LogP contribution in [0.2, 0.25) is 0 Å². The molecule has 0 unspecified atom stereocenters. The normalized spacial score (nSPS) is 10.9. The van der Waals surface area contributed by atoms with Gasteiger partial charge in [-0.3, -0.25) is 9.78 Å². The van der Waals surface area contributed by atoms with Gasteiger partial charge in [-0.15, -0.1) is 10.2 Å². The van der Waals surface area contributed by atoms with Crippen molar-refractivity contribution in [1.82, 2.24) is 19.7 Å². The van der Waals surface area contributed by atoms with Crippen molar-refractivity contribution in [2.24, 2.45) is 0 Å². The summed E-state index contributed by atoms with van der Waals surface area (Å²) in [6.45, 7) is 6.51. The second kappa shape index (κ2) is 7.71. The highest BCUT2D eigenvalue weighted by Crippen LogP contribution is 2.25. The zero-order chi connectivity index (χ0) is 20.4. The van der Waals surface area contributed by atoms with E-state index in [1.807, 2.05) is 63.2 Å². The zero-order valence-electron chi connectivity index (χ0n) is 16.5. The van der Waals surface area contributed by atoms with Gasteiger partial charge in [0.15, 0.2) is 0 Å². The Morgan fingerprint density at radius 2 is 2.00 bits per heavy atom. The molecule has 0 bridgehead atoms. The molecule has 0 saturated heterocycles. The van der Waals surface area contributed by atoms with Crippen molar-refractivity contribution in [2.45, 2.75) is 27.3 Å². The molecular formula is C22H21N5O2. The largest absolute Gasteiger partial charge is 0.423 e. The Morgan fingerprint density at radius 1 is 1.14 bits per heavy atom. The Hall–Kier alpha value is -3.74. The molecule has 146 valence electrons. The van der Waals surface area contributed by atoms with Crippen molar-refractivity contribution in [3.63, 3.8) is 0 Å². The summed E-state index contributed by atoms with van der Waals surface area (Å²) in [5.74, 6) is 0.255. The molecule has 7 heteroatoms. The van der Waals surface area contributed by atoms with Crippen LogP contribution in [0.5, 0.6) is 0 Å². The van der Waals surface area contributed by atoms with Crippen LogP contribution in [0.3, 0.4) is 0 Å². The highest BCUT2D eigenvalue weighted by Gasteiger charge is 2.17. The maximum atomic E-state index is 13.0. The van der Waals surface area contributed by atoms with E-state index in [9.17, 15) is 4.79 Å². The molecule has 1 amide bonds. The van der Waals surface area contributed by atoms with Gasteiger partial charge in [-0.05, 0) is 56.7 Å². The van der Waals surface area contributed by atoms with E-state index in [1.54, 1.807) is 6.20 Å². The fourth-order valence-electron chi connectivity index (χ4n) is 3.31. The molecule has 0 aliphatic rings. The summed E-state index contributed by atoms with van der Waals surface area (Å²) in [4.78, 5) is 17.4. The van der Waals surface area contributed by atoms with Crippen LogP contribution < -0.4 is 5.32 Å². The summed E-state index contributed by atoms with van der Waals surface area (Å²) in [6.07, 6.45) is 3.06. The van der Waals surface area contributed by atoms with Gasteiger partial charge in [-0.1, -0.05) is 12.1 Å². The van der Waals surface area contributed by atoms with E-state index in [4.69, 9.17) is 4.42 Å². The Bertz CT molecular complexity index is 1150. The quantitative estimate of drug-likeness (QED) is 0.556. The molecule has 1 N–H and O–H groups in total. The first-order valence-corrected chi connectivity index (χ1v) is 9.28. The Balaban J connectivity index is 1.60. The van der Waals surface area contributed by atoms with Crippen LogP contribution in [-0.4, -0.2) is 25.7 Å². The number of carbonyl (C=O) groups excluding carboxylic acids is 1. The van der Waals surface area contributed by atoms with E-state index in [1.165, 1.54) is 6.39 Å². The molecule has 0 radical (unpaired) electrons. The SMILES string of the molecule is Cc1ccc(-c2nnco2)cc1NC(=O)c1cc(C)n(Cc2ccccn2)c1C. The van der Waals surface area contributed by atoms with Gasteiger partial charge in [-0.25, -0.2) is 0 Å². The first-order chi connectivity index (χ1) is 14.0. The lowest BCUT2D eigenvalue weighted by Crippen LogP contribution is -2.14. The third-order valence-electron chi connectivity index (χ3n) is 4.96. The molecule has 4 rings (SSSR count). The van der Waals surface area contributed by atoms with E-state index in [2.05, 4.69) is 25.1 Å². The number of benzene rings is 1. The minimum atomic E-state index is -0.156. The van der Waals surface area contributed by atoms with E-state index in [0.717, 1.165) is 28.2 Å². The lowest BCUT2D eigenvalue weighted by atomic mass is 10.1. The van der Waals surface area contributed by atoms with Gasteiger partial charge in [0.25, 0.3) is 5.91 Å². The van der Waals surface area contributed by atoms with Gasteiger partial charge in [0.1, 0.15) is 0 Å². The molecule has 4 aromatic rings. The van der Waals surface area contributed by atoms with E-state index < -0.39 is 0 Å². The summed E-state index contributed by atoms with van der Waals surface area (Å²) in [6, 6.07) is 13.4. The first-order valence-electron chi connectivity index (χ1n) is 9.28. The Morgan fingerprint density at radius 3 is 2.72 bits per heavy atom. The summed E-state index contributed by atoms with van der Waals surface area (Å²) in [5.41, 5.74) is 5.91. The lowest BCUT2D eigenvalue weighted by Gasteiger charge is -2.11. The lowest BCUT2D eigenvalue weighted by molar-refractivity contribution is 0.102. The molecule has 0 aliphatic heterocycles. The van der Waals surface area contributed by atoms with Crippen molar-refractivity contribution in [3.05, 3.63) is 83.3 Å². The maximum absolute atomic E-state index is 13.0. The van der Waals surface area contributed by atoms with Crippen molar-refractivity contribution >= 4 is 11.6 Å². The Kier molecular flexibility index (Phi) is 4.95. The molecule has 0 aliphatic carbocycles. The summed E-state index contributed by atoms with van der Waals surface area (Å²) >= 11 is 0. The number of carbonyl (C=O) groups is 1. The predicted molar refractivity (Wildman–Crippen MR) is 110 cm³/mol. The monoisotopic (exact) mass is 387 g/mol. The van der Waals surface area contributed by atoms with Crippen LogP contribution in [0.15, 0.2) is 59.5 Å². The molecule has 0 atom stereocenters. The number of nitrogens with zero attached hydrogens (tertiary/aromatic N) is 4. The fraction of sp³-hybridized carbons (Fsp3) is 0.182. The minimum Gasteiger partial charge on any atom is -0.423 e. The summed E-state index contributed by atoms with van der Waals surface area (Å²) < 4.78 is 7.35. The molecular weight excluding hydrogens is 366 g/mol. The second-order valence-electron chi connectivity index (χ2n) is 6.92. The molecule has 1 aromatic carbocycles. The van der Waals surface area contributed by atoms with Crippen LogP contribution in [0.4, 0.5) is 5.69 Å². The molecule has 0 fully saturated rings. The van der Waals surface area contributed by atoms with Gasteiger partial charge in [-0.2, -0.15) is 0 Å². The van der Waals surface area contributed by atoms with Crippen LogP contribution in [0, 0.1) is 20.8 Å². The third kappa shape index (κ3) is 3.80. The molecule has 7 nitrogen and oxygen atoms in total. The van der Waals surface area contributed by atoms with Crippen molar-refractivity contribution < 1.29 is 9.21 Å². The minimum absolute atomic E-state index is 0.156. The highest BCUT2D eigenvalue weighted by molar-refractivity contribution is 6.06. The standard InChI is InChI=1S/C22H21N5O2/c1-14-7-8-17(22-26-24-13-29-22)11-20(14)25-21(28)19-10-15(2)27(16(19)3)12-18-6-4-5-9-23-18/h4-11,13H,12H2,1-3H3,(H,25,28). The molecule has 0 saturated carbocycles. The molecule has 3 heterocycles. The number of hydrogen-bond donors (Lipinski definition) is 1. The molecule has 3 aromatic heterocycles. The summed E-state index contributed by atoms with van der Waals surface area (Å²) in [7, 11) is 0. The van der Waals surface area contributed by atoms with Crippen molar-refractivity contribution in [3.8, 4) is 11.5 Å². The van der Waals surface area contributed by atoms with Crippen LogP contribution >= 0.6 is 0 Å². The van der Waals surface area contributed by atoms with Gasteiger partial charge in [0, 0.05) is 28.8 Å². The average Bonchev–Trinajstić information content (AvgIpc) is 3.35. The fourth-order valence-corrected chi connectivity index (χ4v) is 3.31. The second-order valence-corrected chi connectivity index (χ2v) is 6.92. The number of rotatable bonds is 5. The predicted octanol–water partition coefficient (Wildman–Crippen LogP) is 4.16. The van der Waals surface area contributed by atoms with E-state index in [0.29, 0.717) is 23.7 Å². The highest BCUT2D eigenvalue weighted by atomic mass is 16.4. The third-order valence-corrected chi connectivity index (χ3v) is 4.96. The number of nitrogens with one attached hydrogen (secondary N) is 1. The molecule has 29 heavy (non-hydrogen) atoms. The van der Waals surface area contributed by atoms with E-state index >= 15 is 0 Å². The molecule has 0 spiro atoms. The number of aromatic nitrogens is 4. The maximum Gasteiger partial charge on any atom is 0.257 e. The number of aryl methyl sites for hydroxylation is 2. The number of anilines is 1. The van der Waals surface area contributed by atoms with Gasteiger partial charge >= 0.3 is 0 Å². The zero-order valence-corrected chi connectivity index (χ0v) is 16.5. The topological polar surface area (TPSA) is 85.8 Å². The number of pyridine rings is 1. The van der Waals surface area contributed by atoms with Crippen molar-refractivity contribution in [1.29, 1.82) is 0 Å². The van der Waals surface area contributed by atoms with Crippen molar-refractivity contribution in [2.75, 3.05) is 5.32 Å². The first kappa shape index (κ1) is 18.6. The average molecular weight is 387 g/mol.